The third-order valence-electron chi connectivity index (χ3n) is 4.34. The van der Waals surface area contributed by atoms with Crippen molar-refractivity contribution in [3.8, 4) is 6.07 Å². The van der Waals surface area contributed by atoms with Crippen LogP contribution in [0, 0.1) is 11.3 Å². The zero-order valence-corrected chi connectivity index (χ0v) is 13.1. The van der Waals surface area contributed by atoms with E-state index >= 15 is 0 Å². The smallest absolute Gasteiger partial charge is 0.0991 e. The molecule has 0 unspecified atom stereocenters. The summed E-state index contributed by atoms with van der Waals surface area (Å²) in [6.07, 6.45) is 1.90. The lowest BCUT2D eigenvalue weighted by Gasteiger charge is -2.38. The van der Waals surface area contributed by atoms with Crippen molar-refractivity contribution in [1.82, 2.24) is 9.80 Å². The SMILES string of the molecule is C[C@H]1CN(C)CCN1CC[C@H](N)Cc1ccc(C#N)cc1. The van der Waals surface area contributed by atoms with Crippen LogP contribution in [0.4, 0.5) is 0 Å². The summed E-state index contributed by atoms with van der Waals surface area (Å²) in [4.78, 5) is 4.93. The predicted octanol–water partition coefficient (Wildman–Crippen LogP) is 1.45. The number of hydrogen-bond donors (Lipinski definition) is 1. The molecule has 2 atom stereocenters. The van der Waals surface area contributed by atoms with Crippen LogP contribution in [0.25, 0.3) is 0 Å². The summed E-state index contributed by atoms with van der Waals surface area (Å²) in [5.74, 6) is 0. The summed E-state index contributed by atoms with van der Waals surface area (Å²) in [6.45, 7) is 6.80. The Balaban J connectivity index is 1.76. The summed E-state index contributed by atoms with van der Waals surface area (Å²) >= 11 is 0. The van der Waals surface area contributed by atoms with E-state index in [1.807, 2.05) is 24.3 Å². The number of nitrogens with zero attached hydrogens (tertiary/aromatic N) is 3. The molecule has 0 aliphatic carbocycles. The number of piperazine rings is 1. The molecule has 114 valence electrons. The molecule has 4 heteroatoms. The van der Waals surface area contributed by atoms with Gasteiger partial charge >= 0.3 is 0 Å². The quantitative estimate of drug-likeness (QED) is 0.890. The first kappa shape index (κ1) is 16.0. The van der Waals surface area contributed by atoms with E-state index in [9.17, 15) is 0 Å². The number of hydrogen-bond acceptors (Lipinski definition) is 4. The zero-order valence-electron chi connectivity index (χ0n) is 13.1. The molecule has 1 aromatic carbocycles. The lowest BCUT2D eigenvalue weighted by molar-refractivity contribution is 0.0973. The standard InChI is InChI=1S/C17H26N4/c1-14-13-20(2)9-10-21(14)8-7-17(19)11-15-3-5-16(12-18)6-4-15/h3-6,14,17H,7-11,13,19H2,1-2H3/t14-,17-/m0/s1. The highest BCUT2D eigenvalue weighted by Crippen LogP contribution is 2.11. The fraction of sp³-hybridized carbons (Fsp3) is 0.588. The van der Waals surface area contributed by atoms with E-state index in [-0.39, 0.29) is 6.04 Å². The van der Waals surface area contributed by atoms with Crippen molar-refractivity contribution in [3.05, 3.63) is 35.4 Å². The number of likely N-dealkylation sites (N-methyl/N-ethyl adjacent to an activating group) is 1. The first-order chi connectivity index (χ1) is 10.1. The van der Waals surface area contributed by atoms with Gasteiger partial charge in [-0.15, -0.1) is 0 Å². The maximum absolute atomic E-state index is 8.80. The van der Waals surface area contributed by atoms with Crippen LogP contribution in [0.1, 0.15) is 24.5 Å². The van der Waals surface area contributed by atoms with Crippen LogP contribution in [0.15, 0.2) is 24.3 Å². The molecule has 1 fully saturated rings. The molecule has 2 N–H and O–H groups in total. The maximum atomic E-state index is 8.80. The van der Waals surface area contributed by atoms with E-state index in [0.29, 0.717) is 11.6 Å². The lowest BCUT2D eigenvalue weighted by Crippen LogP contribution is -2.51. The molecule has 1 saturated heterocycles. The molecule has 0 aromatic heterocycles. The van der Waals surface area contributed by atoms with E-state index in [1.54, 1.807) is 0 Å². The van der Waals surface area contributed by atoms with Gasteiger partial charge < -0.3 is 10.6 Å². The van der Waals surface area contributed by atoms with Crippen LogP contribution in [-0.2, 0) is 6.42 Å². The fourth-order valence-electron chi connectivity index (χ4n) is 2.96. The second-order valence-electron chi connectivity index (χ2n) is 6.21. The Hall–Kier alpha value is -1.41. The predicted molar refractivity (Wildman–Crippen MR) is 86.0 cm³/mol. The van der Waals surface area contributed by atoms with Gasteiger partial charge in [0.2, 0.25) is 0 Å². The topological polar surface area (TPSA) is 56.3 Å². The van der Waals surface area contributed by atoms with Crippen molar-refractivity contribution in [2.24, 2.45) is 5.73 Å². The van der Waals surface area contributed by atoms with Crippen molar-refractivity contribution in [2.75, 3.05) is 33.2 Å². The normalized spacial score (nSPS) is 21.9. The van der Waals surface area contributed by atoms with E-state index in [2.05, 4.69) is 29.8 Å². The summed E-state index contributed by atoms with van der Waals surface area (Å²) < 4.78 is 0. The largest absolute Gasteiger partial charge is 0.327 e. The van der Waals surface area contributed by atoms with Crippen molar-refractivity contribution in [3.63, 3.8) is 0 Å². The van der Waals surface area contributed by atoms with Gasteiger partial charge in [-0.25, -0.2) is 0 Å². The summed E-state index contributed by atoms with van der Waals surface area (Å²) in [6, 6.07) is 10.7. The van der Waals surface area contributed by atoms with E-state index < -0.39 is 0 Å². The van der Waals surface area contributed by atoms with Gasteiger partial charge in [0.1, 0.15) is 0 Å². The van der Waals surface area contributed by atoms with E-state index in [4.69, 9.17) is 11.0 Å². The molecule has 1 aliphatic heterocycles. The molecule has 4 nitrogen and oxygen atoms in total. The molecule has 21 heavy (non-hydrogen) atoms. The third-order valence-corrected chi connectivity index (χ3v) is 4.34. The Morgan fingerprint density at radius 2 is 2.05 bits per heavy atom. The second-order valence-corrected chi connectivity index (χ2v) is 6.21. The van der Waals surface area contributed by atoms with Gasteiger partial charge in [0.15, 0.2) is 0 Å². The first-order valence-corrected chi connectivity index (χ1v) is 7.75. The summed E-state index contributed by atoms with van der Waals surface area (Å²) in [7, 11) is 2.18. The Kier molecular flexibility index (Phi) is 5.75. The Labute approximate surface area is 128 Å². The van der Waals surface area contributed by atoms with Crippen molar-refractivity contribution < 1.29 is 0 Å². The van der Waals surface area contributed by atoms with Crippen molar-refractivity contribution in [2.45, 2.75) is 31.8 Å². The summed E-state index contributed by atoms with van der Waals surface area (Å²) in [5, 5.41) is 8.80. The minimum atomic E-state index is 0.185. The average Bonchev–Trinajstić information content (AvgIpc) is 2.47. The van der Waals surface area contributed by atoms with Gasteiger partial charge in [0, 0.05) is 38.3 Å². The highest BCUT2D eigenvalue weighted by Gasteiger charge is 2.21. The average molecular weight is 286 g/mol. The highest BCUT2D eigenvalue weighted by atomic mass is 15.3. The van der Waals surface area contributed by atoms with Gasteiger partial charge in [-0.2, -0.15) is 5.26 Å². The van der Waals surface area contributed by atoms with Crippen LogP contribution in [0.5, 0.6) is 0 Å². The molecule has 1 heterocycles. The maximum Gasteiger partial charge on any atom is 0.0991 e. The molecule has 1 aromatic rings. The Morgan fingerprint density at radius 3 is 2.67 bits per heavy atom. The molecule has 0 saturated carbocycles. The Bertz CT molecular complexity index is 477. The van der Waals surface area contributed by atoms with Crippen molar-refractivity contribution in [1.29, 1.82) is 5.26 Å². The second kappa shape index (κ2) is 7.56. The third kappa shape index (κ3) is 4.82. The zero-order chi connectivity index (χ0) is 15.2. The van der Waals surface area contributed by atoms with Gasteiger partial charge in [-0.1, -0.05) is 12.1 Å². The molecule has 2 rings (SSSR count). The first-order valence-electron chi connectivity index (χ1n) is 7.75. The van der Waals surface area contributed by atoms with Gasteiger partial charge in [0.25, 0.3) is 0 Å². The number of benzene rings is 1. The fourth-order valence-corrected chi connectivity index (χ4v) is 2.96. The lowest BCUT2D eigenvalue weighted by atomic mass is 10.0. The molecule has 0 amide bonds. The highest BCUT2D eigenvalue weighted by molar-refractivity contribution is 5.31. The number of nitriles is 1. The monoisotopic (exact) mass is 286 g/mol. The molecule has 0 spiro atoms. The Morgan fingerprint density at radius 1 is 1.33 bits per heavy atom. The van der Waals surface area contributed by atoms with Crippen LogP contribution in [-0.4, -0.2) is 55.1 Å². The van der Waals surface area contributed by atoms with Gasteiger partial charge in [-0.3, -0.25) is 4.90 Å². The molecular formula is C17H26N4. The minimum absolute atomic E-state index is 0.185. The van der Waals surface area contributed by atoms with Gasteiger partial charge in [0.05, 0.1) is 11.6 Å². The van der Waals surface area contributed by atoms with Crippen LogP contribution in [0.2, 0.25) is 0 Å². The molecular weight excluding hydrogens is 260 g/mol. The summed E-state index contributed by atoms with van der Waals surface area (Å²) in [5.41, 5.74) is 8.19. The molecule has 0 radical (unpaired) electrons. The van der Waals surface area contributed by atoms with Crippen LogP contribution < -0.4 is 5.73 Å². The van der Waals surface area contributed by atoms with Crippen LogP contribution >= 0.6 is 0 Å². The van der Waals surface area contributed by atoms with Gasteiger partial charge in [-0.05, 0) is 44.5 Å². The number of rotatable bonds is 5. The molecule has 1 aliphatic rings. The van der Waals surface area contributed by atoms with E-state index in [1.165, 1.54) is 5.56 Å². The minimum Gasteiger partial charge on any atom is -0.327 e. The van der Waals surface area contributed by atoms with E-state index in [0.717, 1.165) is 39.0 Å². The van der Waals surface area contributed by atoms with Crippen molar-refractivity contribution >= 4 is 0 Å². The van der Waals surface area contributed by atoms with Crippen LogP contribution in [0.3, 0.4) is 0 Å². The number of nitrogens with two attached hydrogens (primary N) is 1. The molecule has 0 bridgehead atoms.